The lowest BCUT2D eigenvalue weighted by Gasteiger charge is -2.36. The van der Waals surface area contributed by atoms with Gasteiger partial charge >= 0.3 is 0 Å². The Hall–Kier alpha value is -2.70. The number of nitrogens with one attached hydrogen (secondary N) is 2. The first-order valence-electron chi connectivity index (χ1n) is 9.29. The second-order valence-electron chi connectivity index (χ2n) is 7.12. The molecule has 2 aliphatic heterocycles. The van der Waals surface area contributed by atoms with Crippen LogP contribution in [-0.2, 0) is 9.59 Å². The number of likely N-dealkylation sites (tertiary alicyclic amines) is 1. The van der Waals surface area contributed by atoms with Gasteiger partial charge in [-0.3, -0.25) is 19.5 Å². The lowest BCUT2D eigenvalue weighted by Crippen LogP contribution is -2.52. The van der Waals surface area contributed by atoms with Gasteiger partial charge in [-0.15, -0.1) is 0 Å². The summed E-state index contributed by atoms with van der Waals surface area (Å²) in [5.74, 6) is -0.232. The van der Waals surface area contributed by atoms with Crippen molar-refractivity contribution in [1.29, 1.82) is 0 Å². The Kier molecular flexibility index (Phi) is 5.15. The Morgan fingerprint density at radius 1 is 1.11 bits per heavy atom. The van der Waals surface area contributed by atoms with Crippen LogP contribution in [0.2, 0.25) is 5.02 Å². The van der Waals surface area contributed by atoms with Crippen LogP contribution in [0.1, 0.15) is 18.4 Å². The molecule has 0 atom stereocenters. The van der Waals surface area contributed by atoms with Crippen molar-refractivity contribution in [3.8, 4) is 0 Å². The van der Waals surface area contributed by atoms with Gasteiger partial charge < -0.3 is 10.6 Å². The maximum atomic E-state index is 12.4. The summed E-state index contributed by atoms with van der Waals surface area (Å²) in [5, 5.41) is 6.41. The fraction of sp³-hybridized carbons (Fsp3) is 0.286. The second kappa shape index (κ2) is 7.73. The molecule has 1 fully saturated rings. The number of halogens is 1. The number of amides is 2. The van der Waals surface area contributed by atoms with E-state index in [9.17, 15) is 9.59 Å². The molecule has 2 amide bonds. The Morgan fingerprint density at radius 2 is 1.79 bits per heavy atom. The Bertz CT molecular complexity index is 921. The van der Waals surface area contributed by atoms with Crippen molar-refractivity contribution in [3.05, 3.63) is 65.2 Å². The van der Waals surface area contributed by atoms with Crippen LogP contribution in [-0.4, -0.2) is 47.7 Å². The van der Waals surface area contributed by atoms with E-state index in [1.54, 1.807) is 12.1 Å². The topological polar surface area (TPSA) is 73.8 Å². The maximum absolute atomic E-state index is 12.4. The van der Waals surface area contributed by atoms with Gasteiger partial charge in [0.25, 0.3) is 5.91 Å². The van der Waals surface area contributed by atoms with Crippen LogP contribution in [0, 0.1) is 0 Å². The van der Waals surface area contributed by atoms with E-state index >= 15 is 0 Å². The van der Waals surface area contributed by atoms with Crippen LogP contribution >= 0.6 is 11.6 Å². The SMILES string of the molecule is O=C(CN1CCC2(CC1)N=C(c1ccccc1)C(=O)N2)Nc1ccccc1Cl. The summed E-state index contributed by atoms with van der Waals surface area (Å²) in [6.45, 7) is 1.65. The van der Waals surface area contributed by atoms with E-state index in [4.69, 9.17) is 16.6 Å². The largest absolute Gasteiger partial charge is 0.326 e. The monoisotopic (exact) mass is 396 g/mol. The van der Waals surface area contributed by atoms with Gasteiger partial charge in [-0.05, 0) is 12.1 Å². The van der Waals surface area contributed by atoms with Crippen molar-refractivity contribution in [1.82, 2.24) is 10.2 Å². The number of para-hydroxylation sites is 1. The van der Waals surface area contributed by atoms with Crippen LogP contribution < -0.4 is 10.6 Å². The van der Waals surface area contributed by atoms with E-state index in [2.05, 4.69) is 15.5 Å². The highest BCUT2D eigenvalue weighted by atomic mass is 35.5. The molecular formula is C21H21ClN4O2. The summed E-state index contributed by atoms with van der Waals surface area (Å²) in [6, 6.07) is 16.7. The van der Waals surface area contributed by atoms with Crippen molar-refractivity contribution in [2.45, 2.75) is 18.5 Å². The van der Waals surface area contributed by atoms with Crippen molar-refractivity contribution in [3.63, 3.8) is 0 Å². The lowest BCUT2D eigenvalue weighted by molar-refractivity contribution is -0.119. The fourth-order valence-corrected chi connectivity index (χ4v) is 3.81. The van der Waals surface area contributed by atoms with Gasteiger partial charge in [0.2, 0.25) is 5.91 Å². The summed E-state index contributed by atoms with van der Waals surface area (Å²) in [4.78, 5) is 31.5. The number of benzene rings is 2. The molecule has 0 bridgehead atoms. The minimum Gasteiger partial charge on any atom is -0.326 e. The van der Waals surface area contributed by atoms with Gasteiger partial charge in [0, 0.05) is 31.5 Å². The van der Waals surface area contributed by atoms with E-state index in [1.807, 2.05) is 42.5 Å². The Labute approximate surface area is 168 Å². The molecule has 4 rings (SSSR count). The van der Waals surface area contributed by atoms with Crippen LogP contribution in [0.5, 0.6) is 0 Å². The first kappa shape index (κ1) is 18.7. The smallest absolute Gasteiger partial charge is 0.272 e. The molecule has 0 saturated carbocycles. The second-order valence-corrected chi connectivity index (χ2v) is 7.52. The zero-order valence-corrected chi connectivity index (χ0v) is 16.1. The summed E-state index contributed by atoms with van der Waals surface area (Å²) >= 11 is 6.09. The normalized spacial score (nSPS) is 18.6. The van der Waals surface area contributed by atoms with Gasteiger partial charge in [-0.2, -0.15) is 0 Å². The molecule has 2 aromatic rings. The molecule has 2 aliphatic rings. The van der Waals surface area contributed by atoms with E-state index in [0.29, 0.717) is 42.4 Å². The van der Waals surface area contributed by atoms with Crippen LogP contribution in [0.25, 0.3) is 0 Å². The molecule has 1 saturated heterocycles. The number of carbonyl (C=O) groups excluding carboxylic acids is 2. The molecule has 7 heteroatoms. The third kappa shape index (κ3) is 3.93. The Balaban J connectivity index is 1.36. The standard InChI is InChI=1S/C21H21ClN4O2/c22-16-8-4-5-9-17(16)23-18(27)14-26-12-10-21(11-13-26)24-19(20(28)25-21)15-6-2-1-3-7-15/h1-9H,10-14H2,(H,23,27)(H,25,28). The minimum absolute atomic E-state index is 0.104. The first-order chi connectivity index (χ1) is 13.5. The molecule has 6 nitrogen and oxygen atoms in total. The van der Waals surface area contributed by atoms with Crippen LogP contribution in [0.3, 0.4) is 0 Å². The summed E-state index contributed by atoms with van der Waals surface area (Å²) in [6.07, 6.45) is 1.35. The van der Waals surface area contributed by atoms with Gasteiger partial charge in [0.1, 0.15) is 11.4 Å². The van der Waals surface area contributed by atoms with Crippen LogP contribution in [0.15, 0.2) is 59.6 Å². The predicted molar refractivity (Wildman–Crippen MR) is 110 cm³/mol. The third-order valence-corrected chi connectivity index (χ3v) is 5.46. The number of piperidine rings is 1. The summed E-state index contributed by atoms with van der Waals surface area (Å²) in [5.41, 5.74) is 1.38. The number of carbonyl (C=O) groups is 2. The van der Waals surface area contributed by atoms with Crippen LogP contribution in [0.4, 0.5) is 5.69 Å². The molecular weight excluding hydrogens is 376 g/mol. The third-order valence-electron chi connectivity index (χ3n) is 5.13. The number of rotatable bonds is 4. The summed E-state index contributed by atoms with van der Waals surface area (Å²) < 4.78 is 0. The van der Waals surface area contributed by atoms with Crippen molar-refractivity contribution < 1.29 is 9.59 Å². The van der Waals surface area contributed by atoms with Gasteiger partial charge in [0.15, 0.2) is 0 Å². The van der Waals surface area contributed by atoms with Gasteiger partial charge in [-0.1, -0.05) is 54.1 Å². The molecule has 1 spiro atoms. The van der Waals surface area contributed by atoms with Crippen molar-refractivity contribution in [2.75, 3.05) is 25.0 Å². The van der Waals surface area contributed by atoms with E-state index in [0.717, 1.165) is 5.56 Å². The molecule has 0 aliphatic carbocycles. The minimum atomic E-state index is -0.558. The van der Waals surface area contributed by atoms with Crippen molar-refractivity contribution in [2.24, 2.45) is 4.99 Å². The number of anilines is 1. The highest BCUT2D eigenvalue weighted by Gasteiger charge is 2.42. The average molecular weight is 397 g/mol. The maximum Gasteiger partial charge on any atom is 0.272 e. The predicted octanol–water partition coefficient (Wildman–Crippen LogP) is 2.69. The molecule has 0 aromatic heterocycles. The summed E-state index contributed by atoms with van der Waals surface area (Å²) in [7, 11) is 0. The number of hydrogen-bond acceptors (Lipinski definition) is 4. The number of aliphatic imine (C=N–C) groups is 1. The average Bonchev–Trinajstić information content (AvgIpc) is 3.02. The number of nitrogens with zero attached hydrogens (tertiary/aromatic N) is 2. The van der Waals surface area contributed by atoms with E-state index in [1.165, 1.54) is 0 Å². The molecule has 0 radical (unpaired) electrons. The van der Waals surface area contributed by atoms with E-state index in [-0.39, 0.29) is 18.4 Å². The molecule has 2 aromatic carbocycles. The zero-order valence-electron chi connectivity index (χ0n) is 15.3. The fourth-order valence-electron chi connectivity index (χ4n) is 3.63. The van der Waals surface area contributed by atoms with E-state index < -0.39 is 5.66 Å². The van der Waals surface area contributed by atoms with Crippen molar-refractivity contribution >= 4 is 34.8 Å². The molecule has 2 N–H and O–H groups in total. The molecule has 2 heterocycles. The molecule has 28 heavy (non-hydrogen) atoms. The van der Waals surface area contributed by atoms with Gasteiger partial charge in [0.05, 0.1) is 17.3 Å². The van der Waals surface area contributed by atoms with Gasteiger partial charge in [-0.25, -0.2) is 0 Å². The highest BCUT2D eigenvalue weighted by Crippen LogP contribution is 2.29. The number of hydrogen-bond donors (Lipinski definition) is 2. The zero-order chi connectivity index (χ0) is 19.6. The Morgan fingerprint density at radius 3 is 2.50 bits per heavy atom. The molecule has 144 valence electrons. The quantitative estimate of drug-likeness (QED) is 0.834. The first-order valence-corrected chi connectivity index (χ1v) is 9.67. The molecule has 0 unspecified atom stereocenters. The highest BCUT2D eigenvalue weighted by molar-refractivity contribution is 6.46. The lowest BCUT2D eigenvalue weighted by atomic mass is 9.98.